The molecule has 0 fully saturated rings. The van der Waals surface area contributed by atoms with Crippen molar-refractivity contribution in [3.63, 3.8) is 0 Å². The van der Waals surface area contributed by atoms with Crippen molar-refractivity contribution in [3.8, 4) is 0 Å². The topological polar surface area (TPSA) is 29.0 Å². The summed E-state index contributed by atoms with van der Waals surface area (Å²) < 4.78 is 13.0. The third kappa shape index (κ3) is 5.23. The number of halogens is 1. The molecule has 0 amide bonds. The molecule has 0 N–H and O–H groups in total. The first kappa shape index (κ1) is 15.6. The third-order valence-corrected chi connectivity index (χ3v) is 3.16. The molecular weight excluding hydrogens is 265 g/mol. The molecule has 3 nitrogen and oxygen atoms in total. The molecule has 2 aromatic rings. The molecule has 0 aliphatic rings. The Balaban J connectivity index is 2.06. The fourth-order valence-corrected chi connectivity index (χ4v) is 2.28. The van der Waals surface area contributed by atoms with E-state index in [1.165, 1.54) is 12.1 Å². The van der Waals surface area contributed by atoms with Gasteiger partial charge in [-0.05, 0) is 30.5 Å². The largest absolute Gasteiger partial charge is 0.293 e. The van der Waals surface area contributed by atoms with Crippen LogP contribution < -0.4 is 0 Å². The lowest BCUT2D eigenvalue weighted by Gasteiger charge is -2.24. The lowest BCUT2D eigenvalue weighted by Crippen LogP contribution is -2.27. The van der Waals surface area contributed by atoms with E-state index in [4.69, 9.17) is 0 Å². The molecule has 0 aliphatic heterocycles. The van der Waals surface area contributed by atoms with Gasteiger partial charge >= 0.3 is 0 Å². The zero-order valence-corrected chi connectivity index (χ0v) is 12.9. The normalized spacial score (nSPS) is 11.3. The van der Waals surface area contributed by atoms with E-state index in [-0.39, 0.29) is 5.82 Å². The molecule has 2 rings (SSSR count). The van der Waals surface area contributed by atoms with Crippen LogP contribution in [-0.4, -0.2) is 21.4 Å². The van der Waals surface area contributed by atoms with Gasteiger partial charge in [0.15, 0.2) is 0 Å². The minimum atomic E-state index is -0.196. The van der Waals surface area contributed by atoms with Crippen LogP contribution in [0.25, 0.3) is 0 Å². The van der Waals surface area contributed by atoms with E-state index in [9.17, 15) is 4.39 Å². The average Bonchev–Trinajstić information content (AvgIpc) is 2.43. The summed E-state index contributed by atoms with van der Waals surface area (Å²) in [5.41, 5.74) is 2.99. The van der Waals surface area contributed by atoms with Crippen molar-refractivity contribution in [2.24, 2.45) is 5.92 Å². The molecule has 1 aromatic heterocycles. The average molecular weight is 287 g/mol. The van der Waals surface area contributed by atoms with Crippen molar-refractivity contribution >= 4 is 0 Å². The molecule has 21 heavy (non-hydrogen) atoms. The maximum absolute atomic E-state index is 13.0. The summed E-state index contributed by atoms with van der Waals surface area (Å²) in [7, 11) is 0. The molecule has 1 heterocycles. The zero-order valence-electron chi connectivity index (χ0n) is 12.9. The van der Waals surface area contributed by atoms with E-state index in [0.717, 1.165) is 36.6 Å². The van der Waals surface area contributed by atoms with Crippen LogP contribution in [0.4, 0.5) is 4.39 Å². The van der Waals surface area contributed by atoms with Gasteiger partial charge in [-0.25, -0.2) is 4.39 Å². The van der Waals surface area contributed by atoms with Crippen molar-refractivity contribution in [2.45, 2.75) is 33.9 Å². The molecule has 0 spiro atoms. The SMILES string of the molecule is Cc1cnc(CN(Cc2ccc(F)cc2)CC(C)C)cn1. The van der Waals surface area contributed by atoms with E-state index >= 15 is 0 Å². The Bertz CT molecular complexity index is 502. The standard InChI is InChI=1S/C17H22FN3/c1-13(2)10-21(11-15-4-6-16(18)7-5-15)12-17-9-19-14(3)8-20-17/h4-9,13H,10-12H2,1-3H3. The van der Waals surface area contributed by atoms with Crippen molar-refractivity contribution < 1.29 is 4.39 Å². The number of nitrogens with zero attached hydrogens (tertiary/aromatic N) is 3. The Morgan fingerprint density at radius 3 is 2.33 bits per heavy atom. The van der Waals surface area contributed by atoms with Crippen molar-refractivity contribution in [3.05, 3.63) is 59.4 Å². The molecule has 4 heteroatoms. The lowest BCUT2D eigenvalue weighted by atomic mass is 10.1. The molecule has 1 aromatic carbocycles. The first-order valence-corrected chi connectivity index (χ1v) is 7.27. The summed E-state index contributed by atoms with van der Waals surface area (Å²) in [6, 6.07) is 6.69. The fraction of sp³-hybridized carbons (Fsp3) is 0.412. The number of hydrogen-bond donors (Lipinski definition) is 0. The molecule has 0 radical (unpaired) electrons. The van der Waals surface area contributed by atoms with E-state index in [1.807, 2.05) is 25.3 Å². The second-order valence-electron chi connectivity index (χ2n) is 5.84. The monoisotopic (exact) mass is 287 g/mol. The molecule has 0 bridgehead atoms. The van der Waals surface area contributed by atoms with Gasteiger partial charge in [0, 0.05) is 32.0 Å². The van der Waals surface area contributed by atoms with E-state index < -0.39 is 0 Å². The predicted octanol–water partition coefficient (Wildman–Crippen LogP) is 3.58. The molecule has 0 atom stereocenters. The summed E-state index contributed by atoms with van der Waals surface area (Å²) in [5.74, 6) is 0.363. The summed E-state index contributed by atoms with van der Waals surface area (Å²) >= 11 is 0. The van der Waals surface area contributed by atoms with Gasteiger partial charge in [0.05, 0.1) is 11.4 Å². The van der Waals surface area contributed by atoms with Crippen molar-refractivity contribution in [2.75, 3.05) is 6.54 Å². The molecule has 0 aliphatic carbocycles. The first-order valence-electron chi connectivity index (χ1n) is 7.27. The van der Waals surface area contributed by atoms with E-state index in [1.54, 1.807) is 6.20 Å². The van der Waals surface area contributed by atoms with Gasteiger partial charge in [-0.15, -0.1) is 0 Å². The quantitative estimate of drug-likeness (QED) is 0.813. The zero-order chi connectivity index (χ0) is 15.2. The van der Waals surface area contributed by atoms with Crippen LogP contribution >= 0.6 is 0 Å². The molecule has 112 valence electrons. The predicted molar refractivity (Wildman–Crippen MR) is 82.1 cm³/mol. The Hall–Kier alpha value is -1.81. The minimum absolute atomic E-state index is 0.196. The Morgan fingerprint density at radius 1 is 1.05 bits per heavy atom. The first-order chi connectivity index (χ1) is 10.0. The highest BCUT2D eigenvalue weighted by atomic mass is 19.1. The highest BCUT2D eigenvalue weighted by molar-refractivity contribution is 5.16. The van der Waals surface area contributed by atoms with Crippen LogP contribution in [0.3, 0.4) is 0 Å². The number of rotatable bonds is 6. The Labute approximate surface area is 125 Å². The number of hydrogen-bond acceptors (Lipinski definition) is 3. The Morgan fingerprint density at radius 2 is 1.76 bits per heavy atom. The Kier molecular flexibility index (Phi) is 5.39. The molecule has 0 saturated carbocycles. The minimum Gasteiger partial charge on any atom is -0.293 e. The van der Waals surface area contributed by atoms with Gasteiger partial charge in [0.2, 0.25) is 0 Å². The summed E-state index contributed by atoms with van der Waals surface area (Å²) in [6.07, 6.45) is 3.62. The van der Waals surface area contributed by atoms with Crippen molar-refractivity contribution in [1.82, 2.24) is 14.9 Å². The maximum atomic E-state index is 13.0. The number of benzene rings is 1. The van der Waals surface area contributed by atoms with Gasteiger partial charge in [0.1, 0.15) is 5.82 Å². The van der Waals surface area contributed by atoms with Crippen LogP contribution in [0.5, 0.6) is 0 Å². The second kappa shape index (κ2) is 7.27. The molecule has 0 saturated heterocycles. The summed E-state index contributed by atoms with van der Waals surface area (Å²) in [6.45, 7) is 8.82. The van der Waals surface area contributed by atoms with Crippen LogP contribution in [0.15, 0.2) is 36.7 Å². The smallest absolute Gasteiger partial charge is 0.123 e. The number of aromatic nitrogens is 2. The van der Waals surface area contributed by atoms with Crippen molar-refractivity contribution in [1.29, 1.82) is 0 Å². The van der Waals surface area contributed by atoms with Gasteiger partial charge in [-0.3, -0.25) is 14.9 Å². The second-order valence-corrected chi connectivity index (χ2v) is 5.84. The van der Waals surface area contributed by atoms with Gasteiger partial charge in [-0.2, -0.15) is 0 Å². The number of aryl methyl sites for hydroxylation is 1. The fourth-order valence-electron chi connectivity index (χ4n) is 2.28. The van der Waals surface area contributed by atoms with Gasteiger partial charge < -0.3 is 0 Å². The maximum Gasteiger partial charge on any atom is 0.123 e. The van der Waals surface area contributed by atoms with Crippen LogP contribution in [0.1, 0.15) is 30.8 Å². The van der Waals surface area contributed by atoms with E-state index in [0.29, 0.717) is 5.92 Å². The highest BCUT2D eigenvalue weighted by Gasteiger charge is 2.10. The van der Waals surface area contributed by atoms with Gasteiger partial charge in [0.25, 0.3) is 0 Å². The van der Waals surface area contributed by atoms with E-state index in [2.05, 4.69) is 28.7 Å². The summed E-state index contributed by atoms with van der Waals surface area (Å²) in [5, 5.41) is 0. The highest BCUT2D eigenvalue weighted by Crippen LogP contribution is 2.11. The van der Waals surface area contributed by atoms with Crippen LogP contribution in [0, 0.1) is 18.7 Å². The third-order valence-electron chi connectivity index (χ3n) is 3.16. The van der Waals surface area contributed by atoms with Crippen LogP contribution in [-0.2, 0) is 13.1 Å². The molecule has 0 unspecified atom stereocenters. The molecular formula is C17H22FN3. The summed E-state index contributed by atoms with van der Waals surface area (Å²) in [4.78, 5) is 11.0. The lowest BCUT2D eigenvalue weighted by molar-refractivity contribution is 0.225. The van der Waals surface area contributed by atoms with Crippen LogP contribution in [0.2, 0.25) is 0 Å². The van der Waals surface area contributed by atoms with Gasteiger partial charge in [-0.1, -0.05) is 26.0 Å².